The molecular weight excluding hydrogens is 247 g/mol. The molecule has 1 fully saturated rings. The van der Waals surface area contributed by atoms with Crippen molar-refractivity contribution < 1.29 is 19.0 Å². The number of rotatable bonds is 4. The van der Waals surface area contributed by atoms with E-state index >= 15 is 0 Å². The molecule has 1 aromatic rings. The third kappa shape index (κ3) is 2.96. The summed E-state index contributed by atoms with van der Waals surface area (Å²) in [5, 5.41) is 10.7. The van der Waals surface area contributed by atoms with E-state index in [1.807, 2.05) is 6.92 Å². The van der Waals surface area contributed by atoms with E-state index in [2.05, 4.69) is 0 Å². The molecule has 1 unspecified atom stereocenters. The Morgan fingerprint density at radius 2 is 2.11 bits per heavy atom. The maximum Gasteiger partial charge on any atom is 0.123 e. The van der Waals surface area contributed by atoms with Gasteiger partial charge in [0.25, 0.3) is 0 Å². The van der Waals surface area contributed by atoms with Crippen molar-refractivity contribution in [3.05, 3.63) is 35.1 Å². The number of halogens is 1. The molecule has 1 heterocycles. The van der Waals surface area contributed by atoms with Crippen LogP contribution < -0.4 is 0 Å². The van der Waals surface area contributed by atoms with Crippen LogP contribution in [0.5, 0.6) is 0 Å². The Morgan fingerprint density at radius 3 is 2.68 bits per heavy atom. The molecule has 1 aromatic carbocycles. The maximum absolute atomic E-state index is 13.2. The molecule has 1 saturated heterocycles. The van der Waals surface area contributed by atoms with Gasteiger partial charge in [-0.15, -0.1) is 0 Å². The average molecular weight is 268 g/mol. The van der Waals surface area contributed by atoms with Gasteiger partial charge in [-0.05, 0) is 37.1 Å². The van der Waals surface area contributed by atoms with Gasteiger partial charge in [-0.25, -0.2) is 4.39 Å². The molecule has 0 bridgehead atoms. The van der Waals surface area contributed by atoms with E-state index in [1.165, 1.54) is 12.1 Å². The van der Waals surface area contributed by atoms with Crippen molar-refractivity contribution in [1.29, 1.82) is 0 Å². The van der Waals surface area contributed by atoms with Crippen LogP contribution in [0.4, 0.5) is 4.39 Å². The smallest absolute Gasteiger partial charge is 0.123 e. The van der Waals surface area contributed by atoms with Crippen molar-refractivity contribution in [2.24, 2.45) is 0 Å². The lowest BCUT2D eigenvalue weighted by Gasteiger charge is -2.41. The largest absolute Gasteiger partial charge is 0.385 e. The van der Waals surface area contributed by atoms with Crippen molar-refractivity contribution in [3.63, 3.8) is 0 Å². The molecule has 1 aliphatic rings. The second-order valence-corrected chi connectivity index (χ2v) is 5.01. The Hall–Kier alpha value is -0.970. The van der Waals surface area contributed by atoms with E-state index in [0.717, 1.165) is 11.1 Å². The highest BCUT2D eigenvalue weighted by atomic mass is 19.1. The van der Waals surface area contributed by atoms with Gasteiger partial charge in [0, 0.05) is 32.7 Å². The SMILES string of the molecule is CCOC1(C(O)c2ccc(F)cc2C)CCOCC1. The first-order valence-electron chi connectivity index (χ1n) is 6.75. The summed E-state index contributed by atoms with van der Waals surface area (Å²) < 4.78 is 24.4. The molecule has 19 heavy (non-hydrogen) atoms. The molecule has 0 radical (unpaired) electrons. The van der Waals surface area contributed by atoms with Crippen LogP contribution >= 0.6 is 0 Å². The molecule has 3 nitrogen and oxygen atoms in total. The standard InChI is InChI=1S/C15H21FO3/c1-3-19-15(6-8-18-9-7-15)14(17)13-5-4-12(16)10-11(13)2/h4-5,10,14,17H,3,6-9H2,1-2H3. The van der Waals surface area contributed by atoms with Gasteiger partial charge in [0.1, 0.15) is 17.5 Å². The van der Waals surface area contributed by atoms with E-state index in [0.29, 0.717) is 32.7 Å². The fraction of sp³-hybridized carbons (Fsp3) is 0.600. The zero-order valence-corrected chi connectivity index (χ0v) is 11.5. The van der Waals surface area contributed by atoms with E-state index in [4.69, 9.17) is 9.47 Å². The van der Waals surface area contributed by atoms with Gasteiger partial charge in [0.2, 0.25) is 0 Å². The Bertz CT molecular complexity index is 422. The molecule has 0 aliphatic carbocycles. The minimum atomic E-state index is -0.753. The van der Waals surface area contributed by atoms with Crippen LogP contribution in [-0.2, 0) is 9.47 Å². The van der Waals surface area contributed by atoms with Crippen LogP contribution in [0, 0.1) is 12.7 Å². The van der Waals surface area contributed by atoms with Gasteiger partial charge in [-0.1, -0.05) is 6.07 Å². The molecular formula is C15H21FO3. The molecule has 1 aliphatic heterocycles. The number of hydrogen-bond acceptors (Lipinski definition) is 3. The fourth-order valence-electron chi connectivity index (χ4n) is 2.73. The molecule has 1 atom stereocenters. The van der Waals surface area contributed by atoms with Crippen molar-refractivity contribution in [3.8, 4) is 0 Å². The van der Waals surface area contributed by atoms with Gasteiger partial charge in [-0.2, -0.15) is 0 Å². The summed E-state index contributed by atoms with van der Waals surface area (Å²) in [6, 6.07) is 4.47. The van der Waals surface area contributed by atoms with E-state index in [9.17, 15) is 9.50 Å². The second kappa shape index (κ2) is 5.99. The third-order valence-electron chi connectivity index (χ3n) is 3.80. The minimum Gasteiger partial charge on any atom is -0.385 e. The third-order valence-corrected chi connectivity index (χ3v) is 3.80. The second-order valence-electron chi connectivity index (χ2n) is 5.01. The maximum atomic E-state index is 13.2. The van der Waals surface area contributed by atoms with Crippen LogP contribution in [0.3, 0.4) is 0 Å². The molecule has 0 amide bonds. The van der Waals surface area contributed by atoms with Crippen LogP contribution in [0.15, 0.2) is 18.2 Å². The van der Waals surface area contributed by atoms with Crippen LogP contribution in [0.25, 0.3) is 0 Å². The van der Waals surface area contributed by atoms with Crippen LogP contribution in [0.1, 0.15) is 37.0 Å². The number of aryl methyl sites for hydroxylation is 1. The topological polar surface area (TPSA) is 38.7 Å². The first-order valence-corrected chi connectivity index (χ1v) is 6.75. The number of ether oxygens (including phenoxy) is 2. The molecule has 1 N–H and O–H groups in total. The molecule has 4 heteroatoms. The Labute approximate surface area is 113 Å². The number of benzene rings is 1. The minimum absolute atomic E-state index is 0.286. The summed E-state index contributed by atoms with van der Waals surface area (Å²) in [4.78, 5) is 0. The fourth-order valence-corrected chi connectivity index (χ4v) is 2.73. The zero-order valence-electron chi connectivity index (χ0n) is 11.5. The Morgan fingerprint density at radius 1 is 1.42 bits per heavy atom. The Kier molecular flexibility index (Phi) is 4.55. The highest BCUT2D eigenvalue weighted by Gasteiger charge is 2.41. The molecule has 106 valence electrons. The summed E-state index contributed by atoms with van der Waals surface area (Å²) in [5.74, 6) is -0.286. The first kappa shape index (κ1) is 14.4. The van der Waals surface area contributed by atoms with Crippen molar-refractivity contribution >= 4 is 0 Å². The molecule has 2 rings (SSSR count). The molecule has 0 spiro atoms. The lowest BCUT2D eigenvalue weighted by atomic mass is 9.82. The summed E-state index contributed by atoms with van der Waals surface area (Å²) in [5.41, 5.74) is 0.866. The predicted octanol–water partition coefficient (Wildman–Crippen LogP) is 2.75. The highest BCUT2D eigenvalue weighted by molar-refractivity contribution is 5.30. The average Bonchev–Trinajstić information content (AvgIpc) is 2.39. The number of aliphatic hydroxyl groups excluding tert-OH is 1. The van der Waals surface area contributed by atoms with Gasteiger partial charge in [0.05, 0.1) is 0 Å². The van der Waals surface area contributed by atoms with Gasteiger partial charge in [0.15, 0.2) is 0 Å². The Balaban J connectivity index is 2.30. The molecule has 0 aromatic heterocycles. The zero-order chi connectivity index (χ0) is 13.9. The van der Waals surface area contributed by atoms with Crippen molar-refractivity contribution in [1.82, 2.24) is 0 Å². The number of aliphatic hydroxyl groups is 1. The van der Waals surface area contributed by atoms with Crippen LogP contribution in [-0.4, -0.2) is 30.5 Å². The first-order chi connectivity index (χ1) is 9.09. The highest BCUT2D eigenvalue weighted by Crippen LogP contribution is 2.38. The quantitative estimate of drug-likeness (QED) is 0.912. The predicted molar refractivity (Wildman–Crippen MR) is 70.5 cm³/mol. The summed E-state index contributed by atoms with van der Waals surface area (Å²) >= 11 is 0. The summed E-state index contributed by atoms with van der Waals surface area (Å²) in [6.07, 6.45) is 0.550. The van der Waals surface area contributed by atoms with Crippen molar-refractivity contribution in [2.45, 2.75) is 38.4 Å². The monoisotopic (exact) mass is 268 g/mol. The van der Waals surface area contributed by atoms with Gasteiger partial charge >= 0.3 is 0 Å². The van der Waals surface area contributed by atoms with Gasteiger partial charge in [-0.3, -0.25) is 0 Å². The normalized spacial score (nSPS) is 20.2. The van der Waals surface area contributed by atoms with E-state index in [-0.39, 0.29) is 5.82 Å². The van der Waals surface area contributed by atoms with E-state index in [1.54, 1.807) is 13.0 Å². The lowest BCUT2D eigenvalue weighted by molar-refractivity contribution is -0.168. The van der Waals surface area contributed by atoms with Crippen LogP contribution in [0.2, 0.25) is 0 Å². The van der Waals surface area contributed by atoms with Crippen molar-refractivity contribution in [2.75, 3.05) is 19.8 Å². The number of hydrogen-bond donors (Lipinski definition) is 1. The summed E-state index contributed by atoms with van der Waals surface area (Å²) in [6.45, 7) is 5.42. The molecule has 0 saturated carbocycles. The summed E-state index contributed by atoms with van der Waals surface area (Å²) in [7, 11) is 0. The van der Waals surface area contributed by atoms with E-state index < -0.39 is 11.7 Å². The van der Waals surface area contributed by atoms with Gasteiger partial charge < -0.3 is 14.6 Å². The lowest BCUT2D eigenvalue weighted by Crippen LogP contribution is -2.44.